The van der Waals surface area contributed by atoms with Crippen LogP contribution in [0.1, 0.15) is 41.6 Å². The van der Waals surface area contributed by atoms with E-state index >= 15 is 0 Å². The number of esters is 1. The Hall–Kier alpha value is -3.33. The number of methoxy groups -OCH3 is 2. The number of carbonyl (C=O) groups is 1. The Morgan fingerprint density at radius 2 is 2.00 bits per heavy atom. The normalized spacial score (nSPS) is 13.6. The zero-order valence-electron chi connectivity index (χ0n) is 16.0. The number of ether oxygens (including phenoxy) is 3. The number of pyridine rings is 1. The lowest BCUT2D eigenvalue weighted by Crippen LogP contribution is -2.13. The first-order chi connectivity index (χ1) is 13.6. The SMILES string of the molecule is C=C(C#N)c1ccc(-c2ncc(OC)cc2OC2CCCC2)c(C(=O)OC)c1. The van der Waals surface area contributed by atoms with Crippen LogP contribution in [0.15, 0.2) is 37.0 Å². The van der Waals surface area contributed by atoms with Crippen molar-refractivity contribution in [1.29, 1.82) is 5.26 Å². The summed E-state index contributed by atoms with van der Waals surface area (Å²) in [7, 11) is 2.88. The van der Waals surface area contributed by atoms with Crippen LogP contribution in [0.2, 0.25) is 0 Å². The molecular formula is C22H22N2O4. The number of allylic oxidation sites excluding steroid dienone is 1. The van der Waals surface area contributed by atoms with Gasteiger partial charge in [0.05, 0.1) is 43.7 Å². The highest BCUT2D eigenvalue weighted by molar-refractivity contribution is 5.99. The number of aromatic nitrogens is 1. The van der Waals surface area contributed by atoms with Gasteiger partial charge < -0.3 is 14.2 Å². The van der Waals surface area contributed by atoms with Gasteiger partial charge in [-0.3, -0.25) is 0 Å². The van der Waals surface area contributed by atoms with Crippen LogP contribution in [0.25, 0.3) is 16.8 Å². The van der Waals surface area contributed by atoms with Crippen molar-refractivity contribution in [3.63, 3.8) is 0 Å². The van der Waals surface area contributed by atoms with Crippen molar-refractivity contribution in [3.8, 4) is 28.8 Å². The molecule has 1 aliphatic rings. The van der Waals surface area contributed by atoms with E-state index < -0.39 is 5.97 Å². The molecule has 1 aromatic heterocycles. The van der Waals surface area contributed by atoms with E-state index in [-0.39, 0.29) is 11.7 Å². The molecule has 1 aromatic carbocycles. The fourth-order valence-corrected chi connectivity index (χ4v) is 3.30. The van der Waals surface area contributed by atoms with Gasteiger partial charge in [-0.05, 0) is 37.3 Å². The fraction of sp³-hybridized carbons (Fsp3) is 0.318. The van der Waals surface area contributed by atoms with Crippen molar-refractivity contribution in [2.24, 2.45) is 0 Å². The fourth-order valence-electron chi connectivity index (χ4n) is 3.30. The Morgan fingerprint density at radius 3 is 2.64 bits per heavy atom. The Balaban J connectivity index is 2.12. The predicted molar refractivity (Wildman–Crippen MR) is 105 cm³/mol. The quantitative estimate of drug-likeness (QED) is 0.547. The highest BCUT2D eigenvalue weighted by Crippen LogP contribution is 2.36. The molecule has 1 aliphatic carbocycles. The van der Waals surface area contributed by atoms with Crippen molar-refractivity contribution < 1.29 is 19.0 Å². The van der Waals surface area contributed by atoms with Crippen molar-refractivity contribution in [1.82, 2.24) is 4.98 Å². The Bertz CT molecular complexity index is 940. The predicted octanol–water partition coefficient (Wildman–Crippen LogP) is 4.40. The first kappa shape index (κ1) is 19.4. The monoisotopic (exact) mass is 378 g/mol. The molecule has 0 atom stereocenters. The molecule has 0 amide bonds. The summed E-state index contributed by atoms with van der Waals surface area (Å²) in [4.78, 5) is 16.9. The average molecular weight is 378 g/mol. The second kappa shape index (κ2) is 8.57. The van der Waals surface area contributed by atoms with E-state index in [9.17, 15) is 4.79 Å². The second-order valence-corrected chi connectivity index (χ2v) is 6.59. The maximum atomic E-state index is 12.4. The van der Waals surface area contributed by atoms with E-state index in [1.165, 1.54) is 7.11 Å². The minimum Gasteiger partial charge on any atom is -0.495 e. The van der Waals surface area contributed by atoms with E-state index in [0.29, 0.717) is 33.9 Å². The van der Waals surface area contributed by atoms with Crippen LogP contribution in [-0.4, -0.2) is 31.3 Å². The summed E-state index contributed by atoms with van der Waals surface area (Å²) in [6.45, 7) is 3.71. The number of rotatable bonds is 6. The zero-order valence-corrected chi connectivity index (χ0v) is 16.0. The molecule has 1 saturated carbocycles. The number of benzene rings is 1. The molecule has 1 heterocycles. The summed E-state index contributed by atoms with van der Waals surface area (Å²) < 4.78 is 16.4. The Morgan fingerprint density at radius 1 is 1.25 bits per heavy atom. The van der Waals surface area contributed by atoms with Crippen LogP contribution in [0.4, 0.5) is 0 Å². The summed E-state index contributed by atoms with van der Waals surface area (Å²) >= 11 is 0. The van der Waals surface area contributed by atoms with Gasteiger partial charge in [-0.15, -0.1) is 0 Å². The molecule has 28 heavy (non-hydrogen) atoms. The van der Waals surface area contributed by atoms with Crippen molar-refractivity contribution >= 4 is 11.5 Å². The summed E-state index contributed by atoms with van der Waals surface area (Å²) in [6, 6.07) is 8.84. The van der Waals surface area contributed by atoms with Crippen LogP contribution >= 0.6 is 0 Å². The lowest BCUT2D eigenvalue weighted by molar-refractivity contribution is 0.0601. The maximum Gasteiger partial charge on any atom is 0.338 e. The van der Waals surface area contributed by atoms with Gasteiger partial charge in [-0.25, -0.2) is 9.78 Å². The van der Waals surface area contributed by atoms with Crippen LogP contribution in [0, 0.1) is 11.3 Å². The molecule has 0 spiro atoms. The van der Waals surface area contributed by atoms with Crippen LogP contribution in [-0.2, 0) is 4.74 Å². The molecule has 6 heteroatoms. The van der Waals surface area contributed by atoms with Gasteiger partial charge in [-0.1, -0.05) is 18.7 Å². The van der Waals surface area contributed by atoms with Gasteiger partial charge >= 0.3 is 5.97 Å². The number of nitrogens with zero attached hydrogens (tertiary/aromatic N) is 2. The van der Waals surface area contributed by atoms with Gasteiger partial charge in [0.25, 0.3) is 0 Å². The molecule has 1 fully saturated rings. The molecule has 0 radical (unpaired) electrons. The molecule has 0 N–H and O–H groups in total. The molecule has 0 unspecified atom stereocenters. The first-order valence-electron chi connectivity index (χ1n) is 9.10. The van der Waals surface area contributed by atoms with E-state index in [1.54, 1.807) is 37.6 Å². The topological polar surface area (TPSA) is 81.4 Å². The van der Waals surface area contributed by atoms with Gasteiger partial charge in [0.1, 0.15) is 17.2 Å². The van der Waals surface area contributed by atoms with Crippen LogP contribution < -0.4 is 9.47 Å². The van der Waals surface area contributed by atoms with Gasteiger partial charge in [0.2, 0.25) is 0 Å². The average Bonchev–Trinajstić information content (AvgIpc) is 3.25. The van der Waals surface area contributed by atoms with E-state index in [0.717, 1.165) is 25.7 Å². The lowest BCUT2D eigenvalue weighted by Gasteiger charge is -2.18. The molecule has 144 valence electrons. The zero-order chi connectivity index (χ0) is 20.1. The van der Waals surface area contributed by atoms with Crippen molar-refractivity contribution in [2.75, 3.05) is 14.2 Å². The standard InChI is InChI=1S/C22H22N2O4/c1-14(12-23)15-8-9-18(19(10-15)22(25)27-3)21-20(11-17(26-2)13-24-21)28-16-6-4-5-7-16/h8-11,13,16H,1,4-7H2,2-3H3. The van der Waals surface area contributed by atoms with Crippen LogP contribution in [0.5, 0.6) is 11.5 Å². The van der Waals surface area contributed by atoms with Crippen LogP contribution in [0.3, 0.4) is 0 Å². The summed E-state index contributed by atoms with van der Waals surface area (Å²) in [5.41, 5.74) is 2.21. The summed E-state index contributed by atoms with van der Waals surface area (Å²) in [5, 5.41) is 9.11. The molecule has 6 nitrogen and oxygen atoms in total. The number of nitriles is 1. The molecule has 2 aromatic rings. The van der Waals surface area contributed by atoms with Gasteiger partial charge in [0, 0.05) is 11.6 Å². The first-order valence-corrected chi connectivity index (χ1v) is 9.10. The van der Waals surface area contributed by atoms with Crippen molar-refractivity contribution in [3.05, 3.63) is 48.2 Å². The molecule has 3 rings (SSSR count). The highest BCUT2D eigenvalue weighted by atomic mass is 16.5. The molecule has 0 bridgehead atoms. The number of carbonyl (C=O) groups excluding carboxylic acids is 1. The molecular weight excluding hydrogens is 356 g/mol. The minimum atomic E-state index is -0.521. The third-order valence-corrected chi connectivity index (χ3v) is 4.82. The third kappa shape index (κ3) is 3.99. The minimum absolute atomic E-state index is 0.117. The highest BCUT2D eigenvalue weighted by Gasteiger charge is 2.23. The largest absolute Gasteiger partial charge is 0.495 e. The number of hydrogen-bond acceptors (Lipinski definition) is 6. The lowest BCUT2D eigenvalue weighted by atomic mass is 9.97. The third-order valence-electron chi connectivity index (χ3n) is 4.82. The Labute approximate surface area is 164 Å². The maximum absolute atomic E-state index is 12.4. The smallest absolute Gasteiger partial charge is 0.338 e. The van der Waals surface area contributed by atoms with E-state index in [2.05, 4.69) is 11.6 Å². The van der Waals surface area contributed by atoms with Gasteiger partial charge in [0.15, 0.2) is 0 Å². The molecule has 0 aliphatic heterocycles. The van der Waals surface area contributed by atoms with E-state index in [1.807, 2.05) is 6.07 Å². The summed E-state index contributed by atoms with van der Waals surface area (Å²) in [5.74, 6) is 0.612. The van der Waals surface area contributed by atoms with Crippen molar-refractivity contribution in [2.45, 2.75) is 31.8 Å². The molecule has 0 saturated heterocycles. The second-order valence-electron chi connectivity index (χ2n) is 6.59. The summed E-state index contributed by atoms with van der Waals surface area (Å²) in [6.07, 6.45) is 5.95. The number of hydrogen-bond donors (Lipinski definition) is 0. The Kier molecular flexibility index (Phi) is 5.95. The van der Waals surface area contributed by atoms with E-state index in [4.69, 9.17) is 19.5 Å². The van der Waals surface area contributed by atoms with Gasteiger partial charge in [-0.2, -0.15) is 5.26 Å².